The van der Waals surface area contributed by atoms with Crippen molar-refractivity contribution < 1.29 is 4.52 Å². The van der Waals surface area contributed by atoms with Gasteiger partial charge < -0.3 is 9.47 Å². The van der Waals surface area contributed by atoms with Gasteiger partial charge in [-0.1, -0.05) is 36.0 Å². The van der Waals surface area contributed by atoms with Crippen LogP contribution < -0.4 is 10.7 Å². The molecular weight excluding hydrogens is 498 g/mol. The van der Waals surface area contributed by atoms with Crippen molar-refractivity contribution in [2.24, 2.45) is 5.92 Å². The molecule has 1 saturated carbocycles. The Hall–Kier alpha value is -2.85. The highest BCUT2D eigenvalue weighted by Gasteiger charge is 2.29. The molecule has 11 heteroatoms. The van der Waals surface area contributed by atoms with Gasteiger partial charge in [-0.05, 0) is 37.8 Å². The molecule has 4 aromatic heterocycles. The highest BCUT2D eigenvalue weighted by molar-refractivity contribution is 7.99. The first-order valence-corrected chi connectivity index (χ1v) is 14.0. The second kappa shape index (κ2) is 9.89. The fourth-order valence-electron chi connectivity index (χ4n) is 5.39. The number of H-pyrrole nitrogens is 1. The number of pyridine rings is 2. The molecule has 188 valence electrons. The van der Waals surface area contributed by atoms with Gasteiger partial charge in [0.15, 0.2) is 0 Å². The molecule has 9 nitrogen and oxygen atoms in total. The van der Waals surface area contributed by atoms with Crippen molar-refractivity contribution in [1.29, 1.82) is 0 Å². The van der Waals surface area contributed by atoms with Gasteiger partial charge in [0.2, 0.25) is 11.8 Å². The fourth-order valence-corrected chi connectivity index (χ4v) is 6.58. The van der Waals surface area contributed by atoms with Gasteiger partial charge in [-0.25, -0.2) is 14.8 Å². The first-order valence-electron chi connectivity index (χ1n) is 12.5. The molecule has 1 unspecified atom stereocenters. The molecule has 2 fully saturated rings. The summed E-state index contributed by atoms with van der Waals surface area (Å²) in [6, 6.07) is 4.12. The summed E-state index contributed by atoms with van der Waals surface area (Å²) < 4.78 is 7.14. The van der Waals surface area contributed by atoms with E-state index in [2.05, 4.69) is 31.5 Å². The molecule has 1 aliphatic heterocycles. The summed E-state index contributed by atoms with van der Waals surface area (Å²) in [4.78, 5) is 31.2. The molecule has 1 atom stereocenters. The minimum Gasteiger partial charge on any atom is -0.338 e. The third-order valence-corrected chi connectivity index (χ3v) is 8.55. The molecule has 2 aliphatic rings. The number of hydrogen-bond donors (Lipinski definition) is 1. The average Bonchev–Trinajstić information content (AvgIpc) is 3.48. The molecule has 0 aromatic carbocycles. The van der Waals surface area contributed by atoms with Crippen molar-refractivity contribution in [3.63, 3.8) is 0 Å². The first kappa shape index (κ1) is 23.5. The van der Waals surface area contributed by atoms with Gasteiger partial charge in [0.25, 0.3) is 0 Å². The van der Waals surface area contributed by atoms with Gasteiger partial charge in [0, 0.05) is 48.6 Å². The van der Waals surface area contributed by atoms with Crippen LogP contribution in [-0.4, -0.2) is 53.8 Å². The van der Waals surface area contributed by atoms with Crippen molar-refractivity contribution in [2.45, 2.75) is 51.6 Å². The van der Waals surface area contributed by atoms with Crippen LogP contribution in [0, 0.1) is 5.92 Å². The Morgan fingerprint density at radius 2 is 2.06 bits per heavy atom. The van der Waals surface area contributed by atoms with Gasteiger partial charge in [0.05, 0.1) is 21.7 Å². The highest BCUT2D eigenvalue weighted by atomic mass is 35.5. The smallest absolute Gasteiger partial charge is 0.338 e. The van der Waals surface area contributed by atoms with E-state index in [1.54, 1.807) is 12.4 Å². The molecule has 6 rings (SSSR count). The minimum absolute atomic E-state index is 0.268. The lowest BCUT2D eigenvalue weighted by atomic mass is 9.89. The molecule has 0 spiro atoms. The van der Waals surface area contributed by atoms with Gasteiger partial charge in [-0.2, -0.15) is 11.8 Å². The topological polar surface area (TPSA) is 106 Å². The zero-order chi connectivity index (χ0) is 24.6. The van der Waals surface area contributed by atoms with Crippen molar-refractivity contribution >= 4 is 40.3 Å². The lowest BCUT2D eigenvalue weighted by Gasteiger charge is -2.35. The normalized spacial score (nSPS) is 19.3. The summed E-state index contributed by atoms with van der Waals surface area (Å²) in [5.41, 5.74) is 3.75. The Morgan fingerprint density at radius 3 is 2.81 bits per heavy atom. The quantitative estimate of drug-likeness (QED) is 0.387. The van der Waals surface area contributed by atoms with E-state index in [4.69, 9.17) is 26.1 Å². The molecule has 4 aromatic rings. The standard InChI is InChI=1S/C25H28ClN7O2S/c1-15-14-36-8-7-32(15)24-29-19-10-20(23-30-25(34)35-31-23)28-21(17-9-18(26)12-27-11-17)22(19)33(24)13-16-5-3-2-4-6-16/h9-12,15-16H,2-8,13-14H2,1H3,(H,30,31,34). The van der Waals surface area contributed by atoms with Crippen LogP contribution in [0.2, 0.25) is 5.02 Å². The van der Waals surface area contributed by atoms with E-state index < -0.39 is 5.76 Å². The lowest BCUT2D eigenvalue weighted by Crippen LogP contribution is -2.42. The van der Waals surface area contributed by atoms with Crippen LogP contribution in [0.4, 0.5) is 5.95 Å². The van der Waals surface area contributed by atoms with Crippen molar-refractivity contribution in [3.8, 4) is 22.8 Å². The van der Waals surface area contributed by atoms with Crippen LogP contribution in [0.3, 0.4) is 0 Å². The summed E-state index contributed by atoms with van der Waals surface area (Å²) in [5.74, 6) is 3.37. The minimum atomic E-state index is -0.624. The van der Waals surface area contributed by atoms with Crippen molar-refractivity contribution in [3.05, 3.63) is 40.1 Å². The van der Waals surface area contributed by atoms with E-state index in [1.165, 1.54) is 32.1 Å². The zero-order valence-corrected chi connectivity index (χ0v) is 21.7. The molecule has 1 N–H and O–H groups in total. The predicted molar refractivity (Wildman–Crippen MR) is 143 cm³/mol. The van der Waals surface area contributed by atoms with E-state index in [0.717, 1.165) is 52.8 Å². The van der Waals surface area contributed by atoms with Gasteiger partial charge in [-0.15, -0.1) is 0 Å². The van der Waals surface area contributed by atoms with Crippen LogP contribution in [0.15, 0.2) is 33.8 Å². The molecule has 1 saturated heterocycles. The molecule has 0 radical (unpaired) electrons. The average molecular weight is 526 g/mol. The van der Waals surface area contributed by atoms with Crippen molar-refractivity contribution in [1.82, 2.24) is 29.7 Å². The molecule has 5 heterocycles. The summed E-state index contributed by atoms with van der Waals surface area (Å²) in [6.45, 7) is 4.11. The fraction of sp³-hybridized carbons (Fsp3) is 0.480. The van der Waals surface area contributed by atoms with E-state index in [9.17, 15) is 4.79 Å². The second-order valence-electron chi connectivity index (χ2n) is 9.70. The summed E-state index contributed by atoms with van der Waals surface area (Å²) >= 11 is 8.34. The molecule has 1 aliphatic carbocycles. The number of rotatable bonds is 5. The molecule has 0 amide bonds. The second-order valence-corrected chi connectivity index (χ2v) is 11.3. The Balaban J connectivity index is 1.60. The summed E-state index contributed by atoms with van der Waals surface area (Å²) in [5, 5.41) is 4.41. The number of aromatic amines is 1. The van der Waals surface area contributed by atoms with Gasteiger partial charge in [-0.3, -0.25) is 14.5 Å². The number of halogens is 1. The van der Waals surface area contributed by atoms with Crippen LogP contribution in [0.5, 0.6) is 0 Å². The SMILES string of the molecule is CC1CSCCN1c1nc2cc(-c3noc(=O)[nH]3)nc(-c3cncc(Cl)c3)c2n1CC1CCCCC1. The Morgan fingerprint density at radius 1 is 1.19 bits per heavy atom. The maximum atomic E-state index is 11.7. The summed E-state index contributed by atoms with van der Waals surface area (Å²) in [7, 11) is 0. The molecular formula is C25H28ClN7O2S. The van der Waals surface area contributed by atoms with Crippen LogP contribution >= 0.6 is 23.4 Å². The molecule has 36 heavy (non-hydrogen) atoms. The number of nitrogens with zero attached hydrogens (tertiary/aromatic N) is 6. The van der Waals surface area contributed by atoms with E-state index in [0.29, 0.717) is 22.7 Å². The number of fused-ring (bicyclic) bond motifs is 1. The highest BCUT2D eigenvalue weighted by Crippen LogP contribution is 2.37. The third-order valence-electron chi connectivity index (χ3n) is 7.16. The van der Waals surface area contributed by atoms with Crippen molar-refractivity contribution in [2.75, 3.05) is 23.0 Å². The molecule has 0 bridgehead atoms. The monoisotopic (exact) mass is 525 g/mol. The van der Waals surface area contributed by atoms with E-state index in [-0.39, 0.29) is 5.82 Å². The van der Waals surface area contributed by atoms with Crippen LogP contribution in [0.1, 0.15) is 39.0 Å². The number of thioether (sulfide) groups is 1. The first-order chi connectivity index (χ1) is 17.6. The van der Waals surface area contributed by atoms with Crippen LogP contribution in [-0.2, 0) is 6.54 Å². The number of hydrogen-bond acceptors (Lipinski definition) is 8. The number of nitrogens with one attached hydrogen (secondary N) is 1. The van der Waals surface area contributed by atoms with Crippen LogP contribution in [0.25, 0.3) is 33.8 Å². The third kappa shape index (κ3) is 4.52. The number of imidazole rings is 1. The largest absolute Gasteiger partial charge is 0.439 e. The van der Waals surface area contributed by atoms with Gasteiger partial charge >= 0.3 is 5.76 Å². The maximum absolute atomic E-state index is 11.7. The predicted octanol–water partition coefficient (Wildman–Crippen LogP) is 5.01. The Bertz CT molecular complexity index is 1440. The lowest BCUT2D eigenvalue weighted by molar-refractivity contribution is 0.322. The van der Waals surface area contributed by atoms with E-state index in [1.807, 2.05) is 23.9 Å². The zero-order valence-electron chi connectivity index (χ0n) is 20.1. The summed E-state index contributed by atoms with van der Waals surface area (Å²) in [6.07, 6.45) is 9.69. The Labute approximate surface area is 217 Å². The van der Waals surface area contributed by atoms with Gasteiger partial charge in [0.1, 0.15) is 5.69 Å². The number of anilines is 1. The van der Waals surface area contributed by atoms with E-state index >= 15 is 0 Å². The Kier molecular flexibility index (Phi) is 6.47. The number of aromatic nitrogens is 6. The maximum Gasteiger partial charge on any atom is 0.439 e.